The van der Waals surface area contributed by atoms with Crippen molar-refractivity contribution < 1.29 is 4.79 Å². The number of carbonyl (C=O) groups is 1. The van der Waals surface area contributed by atoms with Crippen LogP contribution in [0.3, 0.4) is 0 Å². The molecule has 0 bridgehead atoms. The van der Waals surface area contributed by atoms with Gasteiger partial charge in [-0.25, -0.2) is 4.98 Å². The summed E-state index contributed by atoms with van der Waals surface area (Å²) in [6.07, 6.45) is 9.42. The lowest BCUT2D eigenvalue weighted by Gasteiger charge is -2.26. The Morgan fingerprint density at radius 3 is 2.42 bits per heavy atom. The van der Waals surface area contributed by atoms with Crippen molar-refractivity contribution in [1.82, 2.24) is 14.9 Å². The third-order valence-electron chi connectivity index (χ3n) is 4.25. The van der Waals surface area contributed by atoms with Crippen LogP contribution in [0, 0.1) is 0 Å². The summed E-state index contributed by atoms with van der Waals surface area (Å²) < 4.78 is 2.00. The van der Waals surface area contributed by atoms with Gasteiger partial charge in [-0.2, -0.15) is 0 Å². The van der Waals surface area contributed by atoms with Gasteiger partial charge in [-0.3, -0.25) is 4.79 Å². The van der Waals surface area contributed by atoms with Gasteiger partial charge in [0.15, 0.2) is 0 Å². The molecule has 1 saturated carbocycles. The molecule has 0 aliphatic heterocycles. The largest absolute Gasteiger partial charge is 0.349 e. The van der Waals surface area contributed by atoms with Gasteiger partial charge in [-0.05, 0) is 43.4 Å². The number of carbonyl (C=O) groups excluding carboxylic acids is 1. The summed E-state index contributed by atoms with van der Waals surface area (Å²) in [4.78, 5) is 16.3. The molecule has 1 fully saturated rings. The van der Waals surface area contributed by atoms with Crippen LogP contribution in [0.15, 0.2) is 43.0 Å². The van der Waals surface area contributed by atoms with Crippen molar-refractivity contribution in [2.45, 2.75) is 44.3 Å². The number of imidazole rings is 1. The molecule has 132 valence electrons. The molecule has 1 aromatic heterocycles. The Morgan fingerprint density at radius 1 is 1.17 bits per heavy atom. The summed E-state index contributed by atoms with van der Waals surface area (Å²) in [7, 11) is 0. The summed E-state index contributed by atoms with van der Waals surface area (Å²) in [5.74, 6) is 0.00894. The smallest absolute Gasteiger partial charge is 0.251 e. The Hall–Kier alpha value is -1.56. The molecule has 5 nitrogen and oxygen atoms in total. The van der Waals surface area contributed by atoms with Crippen molar-refractivity contribution >= 4 is 30.7 Å². The van der Waals surface area contributed by atoms with Gasteiger partial charge in [0.1, 0.15) is 0 Å². The molecule has 0 atom stereocenters. The second-order valence-corrected chi connectivity index (χ2v) is 6.02. The SMILES string of the molecule is Cl.Cl.NC1CCC(NC(=O)c2ccc(Cn3ccnc3)cc2)CC1. The molecule has 1 aliphatic carbocycles. The molecule has 3 rings (SSSR count). The second kappa shape index (κ2) is 9.67. The van der Waals surface area contributed by atoms with Gasteiger partial charge < -0.3 is 15.6 Å². The number of amides is 1. The number of nitrogens with zero attached hydrogens (tertiary/aromatic N) is 2. The van der Waals surface area contributed by atoms with Crippen LogP contribution < -0.4 is 11.1 Å². The average molecular weight is 371 g/mol. The molecule has 7 heteroatoms. The molecule has 3 N–H and O–H groups in total. The van der Waals surface area contributed by atoms with Gasteiger partial charge in [-0.1, -0.05) is 12.1 Å². The van der Waals surface area contributed by atoms with Crippen LogP contribution in [-0.4, -0.2) is 27.5 Å². The Bertz CT molecular complexity index is 608. The highest BCUT2D eigenvalue weighted by Crippen LogP contribution is 2.17. The number of nitrogens with two attached hydrogens (primary N) is 1. The van der Waals surface area contributed by atoms with E-state index in [4.69, 9.17) is 5.73 Å². The number of hydrogen-bond donors (Lipinski definition) is 2. The lowest BCUT2D eigenvalue weighted by molar-refractivity contribution is 0.0926. The fourth-order valence-corrected chi connectivity index (χ4v) is 2.88. The topological polar surface area (TPSA) is 72.9 Å². The molecule has 1 amide bonds. The molecule has 0 unspecified atom stereocenters. The molecular formula is C17H24Cl2N4O. The minimum atomic E-state index is 0. The summed E-state index contributed by atoms with van der Waals surface area (Å²) >= 11 is 0. The quantitative estimate of drug-likeness (QED) is 0.868. The van der Waals surface area contributed by atoms with Crippen LogP contribution >= 0.6 is 24.8 Å². The highest BCUT2D eigenvalue weighted by molar-refractivity contribution is 5.94. The van der Waals surface area contributed by atoms with Crippen LogP contribution in [0.2, 0.25) is 0 Å². The van der Waals surface area contributed by atoms with Crippen LogP contribution in [0.5, 0.6) is 0 Å². The maximum absolute atomic E-state index is 12.3. The summed E-state index contributed by atoms with van der Waals surface area (Å²) in [6.45, 7) is 0.766. The Kier molecular flexibility index (Phi) is 8.25. The van der Waals surface area contributed by atoms with Crippen molar-refractivity contribution in [3.8, 4) is 0 Å². The highest BCUT2D eigenvalue weighted by atomic mass is 35.5. The zero-order valence-electron chi connectivity index (χ0n) is 13.4. The first kappa shape index (κ1) is 20.5. The van der Waals surface area contributed by atoms with Crippen molar-refractivity contribution in [2.75, 3.05) is 0 Å². The van der Waals surface area contributed by atoms with Crippen molar-refractivity contribution in [3.05, 3.63) is 54.1 Å². The van der Waals surface area contributed by atoms with E-state index in [1.807, 2.05) is 35.0 Å². The third kappa shape index (κ3) is 5.51. The molecule has 0 spiro atoms. The highest BCUT2D eigenvalue weighted by Gasteiger charge is 2.20. The van der Waals surface area contributed by atoms with Crippen LogP contribution in [0.1, 0.15) is 41.6 Å². The van der Waals surface area contributed by atoms with Crippen molar-refractivity contribution in [3.63, 3.8) is 0 Å². The van der Waals surface area contributed by atoms with Gasteiger partial charge in [-0.15, -0.1) is 24.8 Å². The predicted octanol–water partition coefficient (Wildman–Crippen LogP) is 2.77. The molecule has 0 saturated heterocycles. The minimum absolute atomic E-state index is 0. The van der Waals surface area contributed by atoms with Crippen LogP contribution in [-0.2, 0) is 6.54 Å². The fourth-order valence-electron chi connectivity index (χ4n) is 2.88. The van der Waals surface area contributed by atoms with E-state index < -0.39 is 0 Å². The predicted molar refractivity (Wildman–Crippen MR) is 100.0 cm³/mol. The van der Waals surface area contributed by atoms with Gasteiger partial charge in [0.05, 0.1) is 6.33 Å². The fraction of sp³-hybridized carbons (Fsp3) is 0.412. The van der Waals surface area contributed by atoms with E-state index in [0.29, 0.717) is 11.6 Å². The van der Waals surface area contributed by atoms with Gasteiger partial charge in [0.25, 0.3) is 5.91 Å². The monoisotopic (exact) mass is 370 g/mol. The van der Waals surface area contributed by atoms with Gasteiger partial charge >= 0.3 is 0 Å². The van der Waals surface area contributed by atoms with E-state index in [-0.39, 0.29) is 36.8 Å². The van der Waals surface area contributed by atoms with Gasteiger partial charge in [0.2, 0.25) is 0 Å². The minimum Gasteiger partial charge on any atom is -0.349 e. The number of halogens is 2. The zero-order chi connectivity index (χ0) is 15.4. The standard InChI is InChI=1S/C17H22N4O.2ClH/c18-15-5-7-16(8-6-15)20-17(22)14-3-1-13(2-4-14)11-21-10-9-19-12-21;;/h1-4,9-10,12,15-16H,5-8,11,18H2,(H,20,22);2*1H. The normalized spacial score (nSPS) is 19.7. The lowest BCUT2D eigenvalue weighted by atomic mass is 9.91. The van der Waals surface area contributed by atoms with E-state index in [1.54, 1.807) is 12.5 Å². The van der Waals surface area contributed by atoms with E-state index in [1.165, 1.54) is 0 Å². The van der Waals surface area contributed by atoms with E-state index >= 15 is 0 Å². The zero-order valence-corrected chi connectivity index (χ0v) is 15.1. The number of aromatic nitrogens is 2. The number of rotatable bonds is 4. The molecule has 1 heterocycles. The second-order valence-electron chi connectivity index (χ2n) is 6.02. The summed E-state index contributed by atoms with van der Waals surface area (Å²) in [6, 6.07) is 8.32. The van der Waals surface area contributed by atoms with Crippen molar-refractivity contribution in [1.29, 1.82) is 0 Å². The molecule has 2 aromatic rings. The molecule has 24 heavy (non-hydrogen) atoms. The average Bonchev–Trinajstić information content (AvgIpc) is 3.03. The van der Waals surface area contributed by atoms with E-state index in [9.17, 15) is 4.79 Å². The third-order valence-corrected chi connectivity index (χ3v) is 4.25. The molecular weight excluding hydrogens is 347 g/mol. The maximum Gasteiger partial charge on any atom is 0.251 e. The molecule has 1 aliphatic rings. The van der Waals surface area contributed by atoms with E-state index in [2.05, 4.69) is 10.3 Å². The molecule has 1 aromatic carbocycles. The first-order chi connectivity index (χ1) is 10.7. The Morgan fingerprint density at radius 2 is 1.83 bits per heavy atom. The number of hydrogen-bond acceptors (Lipinski definition) is 3. The maximum atomic E-state index is 12.3. The first-order valence-corrected chi connectivity index (χ1v) is 7.82. The van der Waals surface area contributed by atoms with Crippen LogP contribution in [0.25, 0.3) is 0 Å². The van der Waals surface area contributed by atoms with E-state index in [0.717, 1.165) is 37.8 Å². The number of nitrogens with one attached hydrogen (secondary N) is 1. The van der Waals surface area contributed by atoms with Crippen molar-refractivity contribution in [2.24, 2.45) is 5.73 Å². The lowest BCUT2D eigenvalue weighted by Crippen LogP contribution is -2.40. The Balaban J connectivity index is 0.00000144. The summed E-state index contributed by atoms with van der Waals surface area (Å²) in [5.41, 5.74) is 7.76. The Labute approximate surface area is 154 Å². The summed E-state index contributed by atoms with van der Waals surface area (Å²) in [5, 5.41) is 3.11. The molecule has 0 radical (unpaired) electrons. The van der Waals surface area contributed by atoms with Gasteiger partial charge in [0, 0.05) is 36.6 Å². The number of benzene rings is 1. The first-order valence-electron chi connectivity index (χ1n) is 7.82. The van der Waals surface area contributed by atoms with Crippen LogP contribution in [0.4, 0.5) is 0 Å².